The third kappa shape index (κ3) is 2.32. The van der Waals surface area contributed by atoms with E-state index >= 15 is 0 Å². The van der Waals surface area contributed by atoms with Gasteiger partial charge in [0.15, 0.2) is 0 Å². The summed E-state index contributed by atoms with van der Waals surface area (Å²) in [6, 6.07) is 0. The molecule has 0 amide bonds. The van der Waals surface area contributed by atoms with Crippen LogP contribution in [0.1, 0.15) is 0 Å². The number of phosphoric ester groups is 1. The summed E-state index contributed by atoms with van der Waals surface area (Å²) < 4.78 is 18.2. The van der Waals surface area contributed by atoms with Gasteiger partial charge in [0.25, 0.3) is 7.82 Å². The molecule has 1 heterocycles. The average Bonchev–Trinajstić information content (AvgIpc) is 1.84. The SMILES string of the molecule is O=P1([O-])OCCO1.[Li+]. The van der Waals surface area contributed by atoms with E-state index in [0.29, 0.717) is 0 Å². The van der Waals surface area contributed by atoms with Crippen LogP contribution in [0.15, 0.2) is 0 Å². The summed E-state index contributed by atoms with van der Waals surface area (Å²) in [4.78, 5) is 10.0. The second-order valence-corrected chi connectivity index (χ2v) is 2.52. The summed E-state index contributed by atoms with van der Waals surface area (Å²) in [6.45, 7) is 0.335. The predicted octanol–water partition coefficient (Wildman–Crippen LogP) is -3.49. The van der Waals surface area contributed by atoms with Crippen LogP contribution in [0.3, 0.4) is 0 Å². The summed E-state index contributed by atoms with van der Waals surface area (Å²) in [5, 5.41) is 0. The van der Waals surface area contributed by atoms with Crippen LogP contribution in [0, 0.1) is 0 Å². The molecule has 1 aliphatic rings. The van der Waals surface area contributed by atoms with Gasteiger partial charge in [0.05, 0.1) is 13.2 Å². The first-order chi connectivity index (χ1) is 3.21. The number of rotatable bonds is 0. The molecule has 1 fully saturated rings. The van der Waals surface area contributed by atoms with Gasteiger partial charge in [-0.15, -0.1) is 0 Å². The Balaban J connectivity index is 0.000000490. The molecule has 0 radical (unpaired) electrons. The summed E-state index contributed by atoms with van der Waals surface area (Å²) in [7, 11) is -3.79. The first kappa shape index (κ1) is 8.71. The van der Waals surface area contributed by atoms with Gasteiger partial charge in [0, 0.05) is 0 Å². The van der Waals surface area contributed by atoms with Crippen molar-refractivity contribution in [3.63, 3.8) is 0 Å². The molecule has 0 spiro atoms. The number of hydrogen-bond donors (Lipinski definition) is 0. The molecule has 0 N–H and O–H groups in total. The minimum Gasteiger partial charge on any atom is -0.756 e. The van der Waals surface area contributed by atoms with Crippen LogP contribution in [0.25, 0.3) is 0 Å². The molecule has 0 unspecified atom stereocenters. The maximum Gasteiger partial charge on any atom is 1.00 e. The van der Waals surface area contributed by atoms with Crippen molar-refractivity contribution < 1.29 is 37.4 Å². The molecule has 4 nitrogen and oxygen atoms in total. The fourth-order valence-electron chi connectivity index (χ4n) is 0.335. The van der Waals surface area contributed by atoms with Crippen molar-refractivity contribution in [3.8, 4) is 0 Å². The van der Waals surface area contributed by atoms with Crippen LogP contribution in [-0.2, 0) is 13.6 Å². The van der Waals surface area contributed by atoms with Crippen LogP contribution in [0.2, 0.25) is 0 Å². The van der Waals surface area contributed by atoms with E-state index in [9.17, 15) is 9.46 Å². The first-order valence-corrected chi connectivity index (χ1v) is 3.27. The van der Waals surface area contributed by atoms with E-state index in [1.807, 2.05) is 0 Å². The van der Waals surface area contributed by atoms with Gasteiger partial charge in [-0.1, -0.05) is 0 Å². The van der Waals surface area contributed by atoms with Gasteiger partial charge in [-0.2, -0.15) is 0 Å². The molecule has 0 aliphatic carbocycles. The minimum atomic E-state index is -3.79. The zero-order valence-corrected chi connectivity index (χ0v) is 5.39. The molecule has 6 heteroatoms. The van der Waals surface area contributed by atoms with E-state index in [1.165, 1.54) is 0 Å². The van der Waals surface area contributed by atoms with E-state index in [1.54, 1.807) is 0 Å². The zero-order chi connectivity index (χ0) is 5.33. The standard InChI is InChI=1S/C2H5O4P.Li/c3-7(4)5-1-2-6-7;/h1-2H2,(H,3,4);/q;+1/p-1. The van der Waals surface area contributed by atoms with Crippen molar-refractivity contribution in [2.24, 2.45) is 0 Å². The zero-order valence-electron chi connectivity index (χ0n) is 4.49. The van der Waals surface area contributed by atoms with Crippen molar-refractivity contribution in [1.82, 2.24) is 0 Å². The third-order valence-corrected chi connectivity index (χ3v) is 1.58. The molecule has 0 aromatic heterocycles. The van der Waals surface area contributed by atoms with Crippen LogP contribution in [-0.4, -0.2) is 13.2 Å². The molecule has 0 bridgehead atoms. The maximum absolute atomic E-state index is 10.0. The summed E-state index contributed by atoms with van der Waals surface area (Å²) in [6.07, 6.45) is 0. The Morgan fingerprint density at radius 1 is 1.38 bits per heavy atom. The second-order valence-electron chi connectivity index (χ2n) is 1.11. The second kappa shape index (κ2) is 3.02. The van der Waals surface area contributed by atoms with Gasteiger partial charge in [-0.3, -0.25) is 4.57 Å². The largest absolute Gasteiger partial charge is 1.00 e. The van der Waals surface area contributed by atoms with Gasteiger partial charge in [0.2, 0.25) is 0 Å². The van der Waals surface area contributed by atoms with E-state index in [-0.39, 0.29) is 32.1 Å². The van der Waals surface area contributed by atoms with Crippen molar-refractivity contribution in [1.29, 1.82) is 0 Å². The van der Waals surface area contributed by atoms with Gasteiger partial charge in [0.1, 0.15) is 0 Å². The van der Waals surface area contributed by atoms with E-state index < -0.39 is 7.82 Å². The summed E-state index contributed by atoms with van der Waals surface area (Å²) in [5.74, 6) is 0. The maximum atomic E-state index is 10.0. The van der Waals surface area contributed by atoms with E-state index in [4.69, 9.17) is 0 Å². The average molecular weight is 130 g/mol. The van der Waals surface area contributed by atoms with Gasteiger partial charge < -0.3 is 13.9 Å². The fourth-order valence-corrected chi connectivity index (χ4v) is 1.01. The van der Waals surface area contributed by atoms with Crippen molar-refractivity contribution in [2.75, 3.05) is 13.2 Å². The molecule has 8 heavy (non-hydrogen) atoms. The van der Waals surface area contributed by atoms with Gasteiger partial charge in [-0.05, 0) is 0 Å². The Morgan fingerprint density at radius 2 is 1.75 bits per heavy atom. The molecule has 1 rings (SSSR count). The summed E-state index contributed by atoms with van der Waals surface area (Å²) >= 11 is 0. The molecule has 0 aromatic carbocycles. The first-order valence-electron chi connectivity index (χ1n) is 1.81. The monoisotopic (exact) mass is 130 g/mol. The smallest absolute Gasteiger partial charge is 0.756 e. The molecule has 1 saturated heterocycles. The Morgan fingerprint density at radius 3 is 1.88 bits per heavy atom. The number of hydrogen-bond acceptors (Lipinski definition) is 4. The summed E-state index contributed by atoms with van der Waals surface area (Å²) in [5.41, 5.74) is 0. The number of phosphoric acid groups is 1. The molecule has 0 atom stereocenters. The molecule has 42 valence electrons. The van der Waals surface area contributed by atoms with Crippen LogP contribution in [0.5, 0.6) is 0 Å². The van der Waals surface area contributed by atoms with Gasteiger partial charge in [-0.25, -0.2) is 0 Å². The van der Waals surface area contributed by atoms with Crippen molar-refractivity contribution in [2.45, 2.75) is 0 Å². The van der Waals surface area contributed by atoms with Gasteiger partial charge >= 0.3 is 18.9 Å². The van der Waals surface area contributed by atoms with E-state index in [0.717, 1.165) is 0 Å². The third-order valence-electron chi connectivity index (χ3n) is 0.582. The van der Waals surface area contributed by atoms with Crippen LogP contribution < -0.4 is 23.8 Å². The van der Waals surface area contributed by atoms with Crippen molar-refractivity contribution in [3.05, 3.63) is 0 Å². The molecular weight excluding hydrogens is 126 g/mol. The quantitative estimate of drug-likeness (QED) is 0.252. The minimum absolute atomic E-state index is 0. The molecule has 1 aliphatic heterocycles. The van der Waals surface area contributed by atoms with Crippen LogP contribution >= 0.6 is 7.82 Å². The molecule has 0 aromatic rings. The Kier molecular flexibility index (Phi) is 3.29. The van der Waals surface area contributed by atoms with Crippen molar-refractivity contribution >= 4 is 7.82 Å². The Hall–Kier alpha value is 0.707. The predicted molar refractivity (Wildman–Crippen MR) is 19.5 cm³/mol. The van der Waals surface area contributed by atoms with Crippen LogP contribution in [0.4, 0.5) is 0 Å². The normalized spacial score (nSPS) is 24.6. The van der Waals surface area contributed by atoms with E-state index in [2.05, 4.69) is 9.05 Å². The fraction of sp³-hybridized carbons (Fsp3) is 1.00. The molecular formula is C2H4LiO4P. The molecule has 0 saturated carbocycles. The topological polar surface area (TPSA) is 58.6 Å². The Labute approximate surface area is 59.0 Å². The Bertz CT molecular complexity index is 105.